The molecule has 5 heteroatoms. The predicted molar refractivity (Wildman–Crippen MR) is 62.3 cm³/mol. The lowest BCUT2D eigenvalue weighted by Gasteiger charge is -2.16. The summed E-state index contributed by atoms with van der Waals surface area (Å²) in [5, 5.41) is 3.37. The van der Waals surface area contributed by atoms with Crippen molar-refractivity contribution >= 4 is 10.0 Å². The third kappa shape index (κ3) is 5.49. The van der Waals surface area contributed by atoms with Gasteiger partial charge in [0, 0.05) is 12.6 Å². The van der Waals surface area contributed by atoms with Gasteiger partial charge >= 0.3 is 0 Å². The van der Waals surface area contributed by atoms with Crippen LogP contribution >= 0.6 is 0 Å². The summed E-state index contributed by atoms with van der Waals surface area (Å²) in [5.41, 5.74) is 0. The second kappa shape index (κ2) is 6.45. The molecule has 1 unspecified atom stereocenters. The van der Waals surface area contributed by atoms with Crippen LogP contribution in [0.5, 0.6) is 0 Å². The molecule has 1 rings (SSSR count). The number of rotatable bonds is 5. The Hall–Kier alpha value is -0.130. The van der Waals surface area contributed by atoms with Gasteiger partial charge in [0.25, 0.3) is 0 Å². The molecular weight excluding hydrogens is 212 g/mol. The fourth-order valence-corrected chi connectivity index (χ4v) is 2.98. The normalized spacial score (nSPS) is 23.7. The quantitative estimate of drug-likeness (QED) is 0.741. The number of nitrogens with one attached hydrogen (secondary N) is 2. The highest BCUT2D eigenvalue weighted by atomic mass is 32.2. The van der Waals surface area contributed by atoms with E-state index in [1.807, 2.05) is 6.92 Å². The van der Waals surface area contributed by atoms with Crippen molar-refractivity contribution in [3.63, 3.8) is 0 Å². The van der Waals surface area contributed by atoms with Gasteiger partial charge < -0.3 is 5.32 Å². The maximum absolute atomic E-state index is 11.4. The zero-order valence-electron chi connectivity index (χ0n) is 9.46. The molecule has 4 nitrogen and oxygen atoms in total. The van der Waals surface area contributed by atoms with E-state index in [1.165, 1.54) is 19.3 Å². The van der Waals surface area contributed by atoms with Crippen molar-refractivity contribution in [1.29, 1.82) is 0 Å². The maximum atomic E-state index is 11.4. The summed E-state index contributed by atoms with van der Waals surface area (Å²) in [5.74, 6) is 0.236. The number of sulfonamides is 1. The molecule has 1 heterocycles. The van der Waals surface area contributed by atoms with E-state index in [0.29, 0.717) is 19.0 Å². The molecule has 0 aromatic carbocycles. The van der Waals surface area contributed by atoms with E-state index in [-0.39, 0.29) is 5.75 Å². The van der Waals surface area contributed by atoms with E-state index < -0.39 is 10.0 Å². The van der Waals surface area contributed by atoms with Crippen molar-refractivity contribution in [2.75, 3.05) is 18.8 Å². The summed E-state index contributed by atoms with van der Waals surface area (Å²) >= 11 is 0. The Morgan fingerprint density at radius 2 is 2.13 bits per heavy atom. The molecule has 0 aromatic rings. The van der Waals surface area contributed by atoms with E-state index in [1.54, 1.807) is 0 Å². The molecule has 0 radical (unpaired) electrons. The summed E-state index contributed by atoms with van der Waals surface area (Å²) in [6.07, 6.45) is 5.42. The molecule has 0 aliphatic carbocycles. The molecule has 1 aliphatic rings. The van der Waals surface area contributed by atoms with Crippen molar-refractivity contribution < 1.29 is 8.42 Å². The minimum atomic E-state index is -3.03. The first-order valence-corrected chi connectivity index (χ1v) is 7.50. The van der Waals surface area contributed by atoms with Gasteiger partial charge in [-0.15, -0.1) is 0 Å². The molecule has 0 aromatic heterocycles. The second-order valence-corrected chi connectivity index (χ2v) is 6.09. The molecule has 2 N–H and O–H groups in total. The van der Waals surface area contributed by atoms with Gasteiger partial charge in [-0.05, 0) is 25.8 Å². The van der Waals surface area contributed by atoms with Crippen molar-refractivity contribution in [2.24, 2.45) is 0 Å². The van der Waals surface area contributed by atoms with Gasteiger partial charge in [-0.25, -0.2) is 13.1 Å². The zero-order valence-corrected chi connectivity index (χ0v) is 10.3. The fraction of sp³-hybridized carbons (Fsp3) is 1.00. The van der Waals surface area contributed by atoms with Crippen LogP contribution in [0.2, 0.25) is 0 Å². The van der Waals surface area contributed by atoms with E-state index in [0.717, 1.165) is 13.0 Å². The summed E-state index contributed by atoms with van der Waals surface area (Å²) in [4.78, 5) is 0. The van der Waals surface area contributed by atoms with E-state index in [2.05, 4.69) is 10.0 Å². The van der Waals surface area contributed by atoms with Crippen LogP contribution in [0, 0.1) is 0 Å². The molecule has 90 valence electrons. The van der Waals surface area contributed by atoms with E-state index in [9.17, 15) is 8.42 Å². The van der Waals surface area contributed by atoms with Crippen LogP contribution in [-0.2, 0) is 10.0 Å². The first-order valence-electron chi connectivity index (χ1n) is 5.85. The van der Waals surface area contributed by atoms with Crippen LogP contribution in [-0.4, -0.2) is 33.3 Å². The average molecular weight is 234 g/mol. The van der Waals surface area contributed by atoms with Gasteiger partial charge in [0.2, 0.25) is 10.0 Å². The fourth-order valence-electron chi connectivity index (χ4n) is 1.84. The topological polar surface area (TPSA) is 58.2 Å². The van der Waals surface area contributed by atoms with Crippen molar-refractivity contribution in [3.8, 4) is 0 Å². The van der Waals surface area contributed by atoms with Crippen LogP contribution < -0.4 is 10.0 Å². The molecule has 0 amide bonds. The highest BCUT2D eigenvalue weighted by Crippen LogP contribution is 2.07. The molecule has 0 saturated carbocycles. The minimum Gasteiger partial charge on any atom is -0.313 e. The van der Waals surface area contributed by atoms with Crippen LogP contribution in [0.25, 0.3) is 0 Å². The summed E-state index contributed by atoms with van der Waals surface area (Å²) in [6.45, 7) is 3.44. The Kier molecular flexibility index (Phi) is 5.56. The minimum absolute atomic E-state index is 0.236. The van der Waals surface area contributed by atoms with Crippen LogP contribution in [0.15, 0.2) is 0 Å². The summed E-state index contributed by atoms with van der Waals surface area (Å²) in [6, 6.07) is 0.319. The largest absolute Gasteiger partial charge is 0.313 e. The lowest BCUT2D eigenvalue weighted by Crippen LogP contribution is -2.41. The van der Waals surface area contributed by atoms with Crippen LogP contribution in [0.1, 0.15) is 39.0 Å². The Bertz CT molecular complexity index is 257. The lowest BCUT2D eigenvalue weighted by molar-refractivity contribution is 0.495. The second-order valence-electron chi connectivity index (χ2n) is 4.17. The van der Waals surface area contributed by atoms with Crippen LogP contribution in [0.3, 0.4) is 0 Å². The third-order valence-corrected chi connectivity index (χ3v) is 4.24. The summed E-state index contributed by atoms with van der Waals surface area (Å²) < 4.78 is 25.5. The highest BCUT2D eigenvalue weighted by Gasteiger charge is 2.14. The van der Waals surface area contributed by atoms with Gasteiger partial charge in [-0.1, -0.05) is 19.8 Å². The Balaban J connectivity index is 2.28. The zero-order chi connectivity index (χ0) is 11.1. The Labute approximate surface area is 92.9 Å². The smallest absolute Gasteiger partial charge is 0.211 e. The SMILES string of the molecule is CCCS(=O)(=O)NCC1CCCCCN1. The van der Waals surface area contributed by atoms with Crippen LogP contribution in [0.4, 0.5) is 0 Å². The van der Waals surface area contributed by atoms with Crippen molar-refractivity contribution in [1.82, 2.24) is 10.0 Å². The van der Waals surface area contributed by atoms with Gasteiger partial charge in [0.05, 0.1) is 5.75 Å². The van der Waals surface area contributed by atoms with Crippen molar-refractivity contribution in [2.45, 2.75) is 45.1 Å². The Morgan fingerprint density at radius 1 is 1.33 bits per heavy atom. The molecule has 1 fully saturated rings. The van der Waals surface area contributed by atoms with E-state index in [4.69, 9.17) is 0 Å². The highest BCUT2D eigenvalue weighted by molar-refractivity contribution is 7.89. The molecular formula is C10H22N2O2S. The first-order chi connectivity index (χ1) is 7.14. The predicted octanol–water partition coefficient (Wildman–Crippen LogP) is 0.848. The molecule has 0 spiro atoms. The monoisotopic (exact) mass is 234 g/mol. The van der Waals surface area contributed by atoms with Gasteiger partial charge in [-0.2, -0.15) is 0 Å². The van der Waals surface area contributed by atoms with Gasteiger partial charge in [-0.3, -0.25) is 0 Å². The lowest BCUT2D eigenvalue weighted by atomic mass is 10.1. The summed E-state index contributed by atoms with van der Waals surface area (Å²) in [7, 11) is -3.03. The van der Waals surface area contributed by atoms with Gasteiger partial charge in [0.1, 0.15) is 0 Å². The molecule has 1 atom stereocenters. The Morgan fingerprint density at radius 3 is 2.87 bits per heavy atom. The number of hydrogen-bond acceptors (Lipinski definition) is 3. The average Bonchev–Trinajstić information content (AvgIpc) is 2.43. The molecule has 0 bridgehead atoms. The van der Waals surface area contributed by atoms with Crippen molar-refractivity contribution in [3.05, 3.63) is 0 Å². The maximum Gasteiger partial charge on any atom is 0.211 e. The van der Waals surface area contributed by atoms with E-state index >= 15 is 0 Å². The molecule has 1 aliphatic heterocycles. The molecule has 15 heavy (non-hydrogen) atoms. The molecule has 1 saturated heterocycles. The van der Waals surface area contributed by atoms with Gasteiger partial charge in [0.15, 0.2) is 0 Å². The standard InChI is InChI=1S/C10H22N2O2S/c1-2-8-15(13,14)12-9-10-6-4-3-5-7-11-10/h10-12H,2-9H2,1H3. The third-order valence-electron chi connectivity index (χ3n) is 2.68. The number of hydrogen-bond donors (Lipinski definition) is 2. The first kappa shape index (κ1) is 12.9.